The molecule has 1 aromatic carbocycles. The molecule has 0 bridgehead atoms. The lowest BCUT2D eigenvalue weighted by atomic mass is 9.69. The zero-order valence-electron chi connectivity index (χ0n) is 17.0. The van der Waals surface area contributed by atoms with Crippen molar-refractivity contribution in [2.24, 2.45) is 5.41 Å². The zero-order chi connectivity index (χ0) is 19.9. The predicted molar refractivity (Wildman–Crippen MR) is 107 cm³/mol. The molecule has 2 aliphatic rings. The topological polar surface area (TPSA) is 81.7 Å². The molecule has 4 rings (SSSR count). The number of morpholine rings is 1. The molecule has 3 heterocycles. The fourth-order valence-corrected chi connectivity index (χ4v) is 4.41. The van der Waals surface area contributed by atoms with E-state index in [9.17, 15) is 9.90 Å². The summed E-state index contributed by atoms with van der Waals surface area (Å²) in [6.07, 6.45) is 0.578. The minimum atomic E-state index is -0.814. The van der Waals surface area contributed by atoms with Gasteiger partial charge in [0.1, 0.15) is 5.82 Å². The first-order chi connectivity index (χ1) is 13.3. The summed E-state index contributed by atoms with van der Waals surface area (Å²) in [5.41, 5.74) is 1.20. The Kier molecular flexibility index (Phi) is 4.93. The summed E-state index contributed by atoms with van der Waals surface area (Å²) < 4.78 is 5.42. The van der Waals surface area contributed by atoms with Crippen LogP contribution in [0.25, 0.3) is 11.0 Å². The van der Waals surface area contributed by atoms with Crippen molar-refractivity contribution in [1.29, 1.82) is 0 Å². The Labute approximate surface area is 165 Å². The van der Waals surface area contributed by atoms with Gasteiger partial charge in [-0.05, 0) is 31.5 Å². The number of imidazole rings is 1. The number of amides is 1. The van der Waals surface area contributed by atoms with E-state index in [1.54, 1.807) is 0 Å². The second-order valence-electron chi connectivity index (χ2n) is 8.83. The number of aromatic nitrogens is 2. The molecule has 0 spiro atoms. The second-order valence-corrected chi connectivity index (χ2v) is 8.83. The van der Waals surface area contributed by atoms with Crippen molar-refractivity contribution in [3.8, 4) is 0 Å². The van der Waals surface area contributed by atoms with Gasteiger partial charge in [0.15, 0.2) is 0 Å². The van der Waals surface area contributed by atoms with Gasteiger partial charge in [-0.2, -0.15) is 0 Å². The average Bonchev–Trinajstić information content (AvgIpc) is 3.03. The van der Waals surface area contributed by atoms with Crippen LogP contribution in [0.15, 0.2) is 18.2 Å². The number of aryl methyl sites for hydroxylation is 1. The van der Waals surface area contributed by atoms with E-state index in [1.165, 1.54) is 0 Å². The number of hydrogen-bond acceptors (Lipinski definition) is 5. The summed E-state index contributed by atoms with van der Waals surface area (Å²) >= 11 is 0. The Hall–Kier alpha value is -1.96. The van der Waals surface area contributed by atoms with E-state index in [2.05, 4.69) is 28.7 Å². The number of carbonyl (C=O) groups excluding carboxylic acids is 1. The number of carbonyl (C=O) groups is 1. The molecular weight excluding hydrogens is 356 g/mol. The van der Waals surface area contributed by atoms with Crippen LogP contribution in [0.1, 0.15) is 36.5 Å². The van der Waals surface area contributed by atoms with Crippen LogP contribution in [-0.2, 0) is 4.74 Å². The number of likely N-dealkylation sites (tertiary alicyclic amines) is 1. The smallest absolute Gasteiger partial charge is 0.253 e. The number of fused-ring (bicyclic) bond motifs is 1. The molecule has 0 radical (unpaired) electrons. The largest absolute Gasteiger partial charge is 0.388 e. The summed E-state index contributed by atoms with van der Waals surface area (Å²) in [6.45, 7) is 10.9. The number of aromatic amines is 1. The number of β-amino-alcohol motifs (C(OH)–C–C–N with tert-alkyl or cyclic N) is 1. The van der Waals surface area contributed by atoms with E-state index >= 15 is 0 Å². The Morgan fingerprint density at radius 1 is 1.29 bits per heavy atom. The molecular formula is C21H30N4O3. The van der Waals surface area contributed by atoms with Crippen LogP contribution in [0, 0.1) is 12.3 Å². The predicted octanol–water partition coefficient (Wildman–Crippen LogP) is 1.81. The molecule has 2 aromatic rings. The second kappa shape index (κ2) is 7.13. The van der Waals surface area contributed by atoms with E-state index < -0.39 is 11.0 Å². The molecule has 0 unspecified atom stereocenters. The van der Waals surface area contributed by atoms with E-state index in [0.29, 0.717) is 31.6 Å². The molecule has 1 atom stereocenters. The van der Waals surface area contributed by atoms with E-state index in [4.69, 9.17) is 4.74 Å². The average molecular weight is 386 g/mol. The fourth-order valence-electron chi connectivity index (χ4n) is 4.41. The summed E-state index contributed by atoms with van der Waals surface area (Å²) in [6, 6.07) is 5.60. The molecule has 1 aromatic heterocycles. The van der Waals surface area contributed by atoms with Gasteiger partial charge in [0, 0.05) is 43.7 Å². The maximum Gasteiger partial charge on any atom is 0.253 e. The Morgan fingerprint density at radius 2 is 2.04 bits per heavy atom. The summed E-state index contributed by atoms with van der Waals surface area (Å²) in [7, 11) is 0. The number of hydrogen-bond donors (Lipinski definition) is 2. The molecule has 28 heavy (non-hydrogen) atoms. The first-order valence-electron chi connectivity index (χ1n) is 10.1. The highest BCUT2D eigenvalue weighted by molar-refractivity contribution is 5.97. The SMILES string of the molecule is Cc1nc2ccc(C(=O)N3CC[C@@](O)(CN4CCOCC4)C(C)(C)C3)cc2[nH]1. The number of rotatable bonds is 3. The van der Waals surface area contributed by atoms with Crippen molar-refractivity contribution in [2.45, 2.75) is 32.8 Å². The van der Waals surface area contributed by atoms with Gasteiger partial charge in [-0.15, -0.1) is 0 Å². The summed E-state index contributed by atoms with van der Waals surface area (Å²) in [4.78, 5) is 24.9. The first-order valence-corrected chi connectivity index (χ1v) is 10.1. The van der Waals surface area contributed by atoms with E-state index in [1.807, 2.05) is 30.0 Å². The highest BCUT2D eigenvalue weighted by atomic mass is 16.5. The van der Waals surface area contributed by atoms with Crippen LogP contribution in [0.4, 0.5) is 0 Å². The van der Waals surface area contributed by atoms with Crippen molar-refractivity contribution in [3.05, 3.63) is 29.6 Å². The molecule has 152 valence electrons. The monoisotopic (exact) mass is 386 g/mol. The van der Waals surface area contributed by atoms with Gasteiger partial charge in [-0.1, -0.05) is 13.8 Å². The van der Waals surface area contributed by atoms with Gasteiger partial charge in [-0.25, -0.2) is 4.98 Å². The lowest BCUT2D eigenvalue weighted by Crippen LogP contribution is -2.63. The van der Waals surface area contributed by atoms with Gasteiger partial charge >= 0.3 is 0 Å². The first kappa shape index (κ1) is 19.4. The lowest BCUT2D eigenvalue weighted by molar-refractivity contribution is -0.133. The quantitative estimate of drug-likeness (QED) is 0.841. The van der Waals surface area contributed by atoms with Gasteiger partial charge < -0.3 is 19.7 Å². The number of piperidine rings is 1. The molecule has 0 saturated carbocycles. The molecule has 1 amide bonds. The summed E-state index contributed by atoms with van der Waals surface area (Å²) in [5.74, 6) is 0.850. The van der Waals surface area contributed by atoms with Gasteiger partial charge in [0.05, 0.1) is 29.8 Å². The number of nitrogens with one attached hydrogen (secondary N) is 1. The third-order valence-corrected chi connectivity index (χ3v) is 6.36. The molecule has 2 aliphatic heterocycles. The number of ether oxygens (including phenoxy) is 1. The lowest BCUT2D eigenvalue weighted by Gasteiger charge is -2.52. The Balaban J connectivity index is 1.48. The highest BCUT2D eigenvalue weighted by Crippen LogP contribution is 2.40. The highest BCUT2D eigenvalue weighted by Gasteiger charge is 2.49. The van der Waals surface area contributed by atoms with Crippen LogP contribution >= 0.6 is 0 Å². The van der Waals surface area contributed by atoms with Crippen molar-refractivity contribution in [3.63, 3.8) is 0 Å². The molecule has 7 nitrogen and oxygen atoms in total. The fraction of sp³-hybridized carbons (Fsp3) is 0.619. The van der Waals surface area contributed by atoms with Crippen LogP contribution in [0.3, 0.4) is 0 Å². The van der Waals surface area contributed by atoms with Crippen LogP contribution in [-0.4, -0.2) is 82.3 Å². The van der Waals surface area contributed by atoms with Crippen molar-refractivity contribution >= 4 is 16.9 Å². The summed E-state index contributed by atoms with van der Waals surface area (Å²) in [5, 5.41) is 11.4. The van der Waals surface area contributed by atoms with Crippen molar-refractivity contribution < 1.29 is 14.6 Å². The van der Waals surface area contributed by atoms with E-state index in [-0.39, 0.29) is 5.91 Å². The minimum Gasteiger partial charge on any atom is -0.388 e. The molecule has 2 saturated heterocycles. The number of H-pyrrole nitrogens is 1. The zero-order valence-corrected chi connectivity index (χ0v) is 17.0. The number of aliphatic hydroxyl groups is 1. The third kappa shape index (κ3) is 3.54. The van der Waals surface area contributed by atoms with Crippen molar-refractivity contribution in [2.75, 3.05) is 45.9 Å². The van der Waals surface area contributed by atoms with Gasteiger partial charge in [0.25, 0.3) is 5.91 Å². The molecule has 2 N–H and O–H groups in total. The third-order valence-electron chi connectivity index (χ3n) is 6.36. The Bertz CT molecular complexity index is 872. The van der Waals surface area contributed by atoms with Crippen LogP contribution in [0.2, 0.25) is 0 Å². The maximum atomic E-state index is 13.1. The molecule has 2 fully saturated rings. The Morgan fingerprint density at radius 3 is 2.75 bits per heavy atom. The van der Waals surface area contributed by atoms with Crippen molar-refractivity contribution in [1.82, 2.24) is 19.8 Å². The molecule has 7 heteroatoms. The number of nitrogens with zero attached hydrogens (tertiary/aromatic N) is 3. The van der Waals surface area contributed by atoms with Crippen LogP contribution < -0.4 is 0 Å². The van der Waals surface area contributed by atoms with Gasteiger partial charge in [0.2, 0.25) is 0 Å². The minimum absolute atomic E-state index is 0.00986. The standard InChI is InChI=1S/C21H30N4O3/c1-15-22-17-5-4-16(12-18(17)23-15)19(26)25-7-6-21(27,20(2,3)13-25)14-24-8-10-28-11-9-24/h4-5,12,27H,6-11,13-14H2,1-3H3,(H,22,23)/t21-/m1/s1. The molecule has 0 aliphatic carbocycles. The normalized spacial score (nSPS) is 25.9. The van der Waals surface area contributed by atoms with Crippen LogP contribution in [0.5, 0.6) is 0 Å². The van der Waals surface area contributed by atoms with Gasteiger partial charge in [-0.3, -0.25) is 9.69 Å². The maximum absolute atomic E-state index is 13.1. The number of benzene rings is 1. The van der Waals surface area contributed by atoms with E-state index in [0.717, 1.165) is 43.2 Å².